The molecule has 2 aliphatic rings. The summed E-state index contributed by atoms with van der Waals surface area (Å²) < 4.78 is 72.6. The van der Waals surface area contributed by atoms with E-state index in [1.807, 2.05) is 6.92 Å². The van der Waals surface area contributed by atoms with Gasteiger partial charge in [0.15, 0.2) is 23.1 Å². The molecule has 9 nitrogen and oxygen atoms in total. The smallest absolute Gasteiger partial charge is 0.317 e. The lowest BCUT2D eigenvalue weighted by Gasteiger charge is -2.32. The summed E-state index contributed by atoms with van der Waals surface area (Å²) in [6.45, 7) is 3.28. The first-order chi connectivity index (χ1) is 20.6. The van der Waals surface area contributed by atoms with E-state index in [-0.39, 0.29) is 51.1 Å². The molecule has 2 atom stereocenters. The van der Waals surface area contributed by atoms with Gasteiger partial charge in [0.2, 0.25) is 0 Å². The first-order valence-corrected chi connectivity index (χ1v) is 15.7. The molecule has 4 heterocycles. The number of carbonyl (C=O) groups is 1. The Morgan fingerprint density at radius 3 is 2.44 bits per heavy atom. The van der Waals surface area contributed by atoms with Crippen molar-refractivity contribution in [1.29, 1.82) is 0 Å². The number of aromatic nitrogens is 3. The van der Waals surface area contributed by atoms with Gasteiger partial charge in [-0.25, -0.2) is 40.3 Å². The molecule has 0 unspecified atom stereocenters. The van der Waals surface area contributed by atoms with Crippen LogP contribution in [0.4, 0.5) is 23.8 Å². The summed E-state index contributed by atoms with van der Waals surface area (Å²) in [5.74, 6) is -2.95. The molecule has 1 saturated heterocycles. The van der Waals surface area contributed by atoms with E-state index < -0.39 is 27.5 Å². The van der Waals surface area contributed by atoms with Crippen molar-refractivity contribution in [2.75, 3.05) is 18.4 Å². The zero-order valence-corrected chi connectivity index (χ0v) is 24.3. The minimum Gasteiger partial charge on any atom is -0.365 e. The predicted molar refractivity (Wildman–Crippen MR) is 156 cm³/mol. The molecule has 1 aliphatic carbocycles. The van der Waals surface area contributed by atoms with E-state index in [0.29, 0.717) is 18.9 Å². The predicted octanol–water partition coefficient (Wildman–Crippen LogP) is 5.59. The summed E-state index contributed by atoms with van der Waals surface area (Å²) >= 11 is 0. The molecule has 6 rings (SSSR count). The molecule has 2 fully saturated rings. The third-order valence-electron chi connectivity index (χ3n) is 8.08. The van der Waals surface area contributed by atoms with Gasteiger partial charge in [-0.1, -0.05) is 17.7 Å². The lowest BCUT2D eigenvalue weighted by Crippen LogP contribution is -2.47. The Bertz CT molecular complexity index is 1790. The molecule has 43 heavy (non-hydrogen) atoms. The minimum atomic E-state index is -4.20. The molecule has 1 saturated carbocycles. The number of carbonyl (C=O) groups excluding carboxylic acids is 1. The summed E-state index contributed by atoms with van der Waals surface area (Å²) in [5, 5.41) is 6.12. The highest BCUT2D eigenvalue weighted by molar-refractivity contribution is 7.90. The maximum atomic E-state index is 15.3. The minimum absolute atomic E-state index is 0.00185. The topological polar surface area (TPSA) is 109 Å². The van der Waals surface area contributed by atoms with Crippen molar-refractivity contribution in [1.82, 2.24) is 24.2 Å². The monoisotopic (exact) mass is 612 g/mol. The Morgan fingerprint density at radius 1 is 0.977 bits per heavy atom. The largest absolute Gasteiger partial charge is 0.365 e. The number of pyridine rings is 2. The van der Waals surface area contributed by atoms with E-state index in [0.717, 1.165) is 66.8 Å². The summed E-state index contributed by atoms with van der Waals surface area (Å²) in [5.41, 5.74) is 0.320. The molecule has 2 amide bonds. The van der Waals surface area contributed by atoms with Crippen molar-refractivity contribution in [3.05, 3.63) is 71.8 Å². The highest BCUT2D eigenvalue weighted by Crippen LogP contribution is 2.35. The van der Waals surface area contributed by atoms with Crippen molar-refractivity contribution >= 4 is 32.9 Å². The number of hydrogen-bond acceptors (Lipinski definition) is 6. The number of benzene rings is 1. The van der Waals surface area contributed by atoms with Gasteiger partial charge in [-0.15, -0.1) is 0 Å². The van der Waals surface area contributed by atoms with Gasteiger partial charge in [-0.3, -0.25) is 0 Å². The fraction of sp³-hybridized carbons (Fsp3) is 0.367. The maximum absolute atomic E-state index is 15.3. The van der Waals surface area contributed by atoms with E-state index in [9.17, 15) is 17.6 Å². The Morgan fingerprint density at radius 2 is 1.70 bits per heavy atom. The molecule has 2 N–H and O–H groups in total. The van der Waals surface area contributed by atoms with Gasteiger partial charge < -0.3 is 15.5 Å². The Hall–Kier alpha value is -4.13. The molecule has 226 valence electrons. The second kappa shape index (κ2) is 11.5. The van der Waals surface area contributed by atoms with Gasteiger partial charge in [-0.05, 0) is 63.6 Å². The fourth-order valence-electron chi connectivity index (χ4n) is 5.84. The first kappa shape index (κ1) is 29.0. The highest BCUT2D eigenvalue weighted by Gasteiger charge is 2.29. The van der Waals surface area contributed by atoms with Crippen molar-refractivity contribution in [2.24, 2.45) is 0 Å². The summed E-state index contributed by atoms with van der Waals surface area (Å²) in [4.78, 5) is 22.6. The third-order valence-corrected chi connectivity index (χ3v) is 9.74. The molecule has 1 aliphatic heterocycles. The average molecular weight is 613 g/mol. The molecule has 4 aromatic rings. The number of aryl methyl sites for hydroxylation is 1. The number of urea groups is 1. The number of amides is 2. The van der Waals surface area contributed by atoms with E-state index in [1.54, 1.807) is 17.0 Å². The van der Waals surface area contributed by atoms with E-state index >= 15 is 8.78 Å². The Balaban J connectivity index is 1.32. The number of nitrogens with one attached hydrogen (secondary N) is 2. The normalized spacial score (nSPS) is 19.1. The van der Waals surface area contributed by atoms with Crippen molar-refractivity contribution in [2.45, 2.75) is 62.4 Å². The van der Waals surface area contributed by atoms with Crippen molar-refractivity contribution in [3.8, 4) is 11.3 Å². The fourth-order valence-corrected chi connectivity index (χ4v) is 7.16. The van der Waals surface area contributed by atoms with Crippen molar-refractivity contribution in [3.63, 3.8) is 0 Å². The molecule has 0 radical (unpaired) electrons. The van der Waals surface area contributed by atoms with Crippen LogP contribution in [0.5, 0.6) is 0 Å². The standard InChI is InChI=1S/C30H31F3N6O3S/c1-18-7-9-22(10-8-18)43(41,42)39-17-24(23-13-19(31)16-34-29(23)39)27-25(32)15-26(33)28(37-27)35-20-5-4-6-21(14-20)36-30(40)38-11-2-3-12-38/h7-10,13,15-17,20-21H,2-6,11-12,14H2,1H3,(H,35,37)(H,36,40)/t20-,21+/m0/s1. The number of likely N-dealkylation sites (tertiary alicyclic amines) is 1. The quantitative estimate of drug-likeness (QED) is 0.294. The van der Waals surface area contributed by atoms with E-state index in [4.69, 9.17) is 0 Å². The number of anilines is 1. The van der Waals surface area contributed by atoms with Crippen LogP contribution in [0.15, 0.2) is 53.7 Å². The molecule has 0 bridgehead atoms. The second-order valence-electron chi connectivity index (χ2n) is 11.2. The van der Waals surface area contributed by atoms with Gasteiger partial charge in [0.05, 0.1) is 11.1 Å². The summed E-state index contributed by atoms with van der Waals surface area (Å²) in [6, 6.07) is 7.40. The van der Waals surface area contributed by atoms with Crippen LogP contribution in [0.2, 0.25) is 0 Å². The number of fused-ring (bicyclic) bond motifs is 1. The number of rotatable bonds is 6. The van der Waals surface area contributed by atoms with Gasteiger partial charge in [0.1, 0.15) is 11.5 Å². The van der Waals surface area contributed by atoms with E-state index in [2.05, 4.69) is 20.6 Å². The van der Waals surface area contributed by atoms with Crippen LogP contribution < -0.4 is 10.6 Å². The SMILES string of the molecule is Cc1ccc(S(=O)(=O)n2cc(-c3nc(N[C@H]4CCC[C@@H](NC(=O)N5CCCC5)C4)c(F)cc3F)c3cc(F)cnc32)cc1. The Labute approximate surface area is 247 Å². The van der Waals surface area contributed by atoms with Crippen LogP contribution in [0, 0.1) is 24.4 Å². The highest BCUT2D eigenvalue weighted by atomic mass is 32.2. The van der Waals surface area contributed by atoms with Crippen LogP contribution >= 0.6 is 0 Å². The van der Waals surface area contributed by atoms with Crippen LogP contribution in [0.1, 0.15) is 44.1 Å². The van der Waals surface area contributed by atoms with Gasteiger partial charge in [0, 0.05) is 48.4 Å². The Kier molecular flexibility index (Phi) is 7.75. The molecule has 0 spiro atoms. The zero-order chi connectivity index (χ0) is 30.3. The third kappa shape index (κ3) is 5.77. The molecule has 3 aromatic heterocycles. The second-order valence-corrected chi connectivity index (χ2v) is 13.0. The van der Waals surface area contributed by atoms with Crippen LogP contribution in [0.25, 0.3) is 22.3 Å². The summed E-state index contributed by atoms with van der Waals surface area (Å²) in [6.07, 6.45) is 6.76. The van der Waals surface area contributed by atoms with Gasteiger partial charge >= 0.3 is 6.03 Å². The zero-order valence-electron chi connectivity index (χ0n) is 23.5. The number of halogens is 3. The van der Waals surface area contributed by atoms with Crippen LogP contribution in [-0.4, -0.2) is 58.5 Å². The summed E-state index contributed by atoms with van der Waals surface area (Å²) in [7, 11) is -4.20. The van der Waals surface area contributed by atoms with Crippen LogP contribution in [-0.2, 0) is 10.0 Å². The van der Waals surface area contributed by atoms with Crippen LogP contribution in [0.3, 0.4) is 0 Å². The lowest BCUT2D eigenvalue weighted by atomic mass is 9.91. The molecule has 1 aromatic carbocycles. The lowest BCUT2D eigenvalue weighted by molar-refractivity contribution is 0.199. The van der Waals surface area contributed by atoms with Gasteiger partial charge in [0.25, 0.3) is 10.0 Å². The maximum Gasteiger partial charge on any atom is 0.317 e. The molecular weight excluding hydrogens is 581 g/mol. The number of nitrogens with zero attached hydrogens (tertiary/aromatic N) is 4. The average Bonchev–Trinajstić information content (AvgIpc) is 3.64. The van der Waals surface area contributed by atoms with Crippen molar-refractivity contribution < 1.29 is 26.4 Å². The van der Waals surface area contributed by atoms with Gasteiger partial charge in [-0.2, -0.15) is 0 Å². The first-order valence-electron chi connectivity index (χ1n) is 14.3. The molecular formula is C30H31F3N6O3S. The van der Waals surface area contributed by atoms with E-state index in [1.165, 1.54) is 12.1 Å². The molecule has 13 heteroatoms. The number of hydrogen-bond donors (Lipinski definition) is 2.